The lowest BCUT2D eigenvalue weighted by atomic mass is 10.0. The highest BCUT2D eigenvalue weighted by molar-refractivity contribution is 5.95. The van der Waals surface area contributed by atoms with Crippen LogP contribution < -0.4 is 27.8 Å². The van der Waals surface area contributed by atoms with E-state index >= 15 is 0 Å². The van der Waals surface area contributed by atoms with Crippen LogP contribution in [0.2, 0.25) is 0 Å². The molecule has 1 aliphatic heterocycles. The normalized spacial score (nSPS) is 17.5. The molecule has 0 saturated carbocycles. The number of primary amides is 2. The summed E-state index contributed by atoms with van der Waals surface area (Å²) in [5.74, 6) is -4.91. The van der Waals surface area contributed by atoms with Crippen LogP contribution in [0.5, 0.6) is 0 Å². The van der Waals surface area contributed by atoms with Crippen LogP contribution in [0.25, 0.3) is 0 Å². The summed E-state index contributed by atoms with van der Waals surface area (Å²) in [7, 11) is 0. The molecule has 0 bridgehead atoms. The Bertz CT molecular complexity index is 986. The minimum atomic E-state index is -1.57. The average molecular weight is 505 g/mol. The van der Waals surface area contributed by atoms with Crippen molar-refractivity contribution in [2.24, 2.45) is 17.2 Å². The second kappa shape index (κ2) is 13.2. The number of benzene rings is 1. The molecule has 1 aliphatic rings. The van der Waals surface area contributed by atoms with Crippen molar-refractivity contribution in [1.82, 2.24) is 15.5 Å². The number of carbonyl (C=O) groups excluding carboxylic acids is 5. The van der Waals surface area contributed by atoms with Crippen molar-refractivity contribution in [2.75, 3.05) is 6.54 Å². The maximum Gasteiger partial charge on any atom is 0.326 e. The molecule has 1 saturated heterocycles. The fraction of sp³-hybridized carbons (Fsp3) is 0.478. The van der Waals surface area contributed by atoms with Gasteiger partial charge in [0.2, 0.25) is 29.5 Å². The monoisotopic (exact) mass is 504 g/mol. The third kappa shape index (κ3) is 8.34. The minimum absolute atomic E-state index is 0.0279. The van der Waals surface area contributed by atoms with E-state index in [1.807, 2.05) is 0 Å². The molecule has 5 amide bonds. The number of nitrogens with two attached hydrogens (primary N) is 3. The number of rotatable bonds is 13. The topological polar surface area (TPSA) is 228 Å². The smallest absolute Gasteiger partial charge is 0.326 e. The Morgan fingerprint density at radius 2 is 1.67 bits per heavy atom. The molecule has 2 rings (SSSR count). The molecule has 1 aromatic rings. The molecular weight excluding hydrogens is 472 g/mol. The predicted octanol–water partition coefficient (Wildman–Crippen LogP) is -2.26. The lowest BCUT2D eigenvalue weighted by molar-refractivity contribution is -0.144. The molecule has 9 N–H and O–H groups in total. The second-order valence-electron chi connectivity index (χ2n) is 8.62. The van der Waals surface area contributed by atoms with Gasteiger partial charge in [0.25, 0.3) is 0 Å². The van der Waals surface area contributed by atoms with Gasteiger partial charge in [-0.25, -0.2) is 4.79 Å². The number of aliphatic carboxylic acids is 1. The predicted molar refractivity (Wildman–Crippen MR) is 127 cm³/mol. The van der Waals surface area contributed by atoms with Gasteiger partial charge in [0.05, 0.1) is 12.5 Å². The molecule has 1 heterocycles. The van der Waals surface area contributed by atoms with Gasteiger partial charge in [-0.05, 0) is 24.8 Å². The quantitative estimate of drug-likeness (QED) is 0.171. The van der Waals surface area contributed by atoms with E-state index in [0.717, 1.165) is 0 Å². The van der Waals surface area contributed by atoms with Gasteiger partial charge in [-0.1, -0.05) is 30.3 Å². The number of likely N-dealkylation sites (tertiary alicyclic amines) is 1. The van der Waals surface area contributed by atoms with Crippen molar-refractivity contribution >= 4 is 35.5 Å². The first-order valence-corrected chi connectivity index (χ1v) is 11.5. The number of nitrogens with one attached hydrogen (secondary N) is 2. The van der Waals surface area contributed by atoms with Crippen LogP contribution in [0.4, 0.5) is 0 Å². The maximum atomic E-state index is 13.2. The van der Waals surface area contributed by atoms with Crippen LogP contribution in [0, 0.1) is 0 Å². The fourth-order valence-electron chi connectivity index (χ4n) is 3.94. The van der Waals surface area contributed by atoms with E-state index in [2.05, 4.69) is 10.6 Å². The standard InChI is InChI=1S/C23H32N6O7/c24-14(8-9-18(25)30)22(34)29-10-4-7-17(29)21(33)27-15(11-13-5-2-1-3-6-13)20(32)28-16(23(35)36)12-19(26)31/h1-3,5-6,14-17H,4,7-12,24H2,(H2,25,30)(H2,26,31)(H,27,33)(H,28,32)(H,35,36)/t14-,15-,16-,17-/m0/s1. The Kier molecular flexibility index (Phi) is 10.3. The number of hydrogen-bond donors (Lipinski definition) is 6. The molecule has 0 aliphatic carbocycles. The van der Waals surface area contributed by atoms with Crippen molar-refractivity contribution < 1.29 is 33.9 Å². The van der Waals surface area contributed by atoms with E-state index in [-0.39, 0.29) is 25.8 Å². The van der Waals surface area contributed by atoms with Crippen LogP contribution in [0.3, 0.4) is 0 Å². The summed E-state index contributed by atoms with van der Waals surface area (Å²) in [6.07, 6.45) is 0.226. The molecule has 0 unspecified atom stereocenters. The molecule has 1 aromatic carbocycles. The number of carbonyl (C=O) groups is 6. The maximum absolute atomic E-state index is 13.2. The van der Waals surface area contributed by atoms with Gasteiger partial charge in [-0.3, -0.25) is 24.0 Å². The van der Waals surface area contributed by atoms with Crippen molar-refractivity contribution in [3.05, 3.63) is 35.9 Å². The van der Waals surface area contributed by atoms with Crippen LogP contribution in [-0.2, 0) is 35.2 Å². The average Bonchev–Trinajstić information content (AvgIpc) is 3.31. The van der Waals surface area contributed by atoms with E-state index in [9.17, 15) is 33.9 Å². The fourth-order valence-corrected chi connectivity index (χ4v) is 3.94. The summed E-state index contributed by atoms with van der Waals surface area (Å²) in [5.41, 5.74) is 16.8. The highest BCUT2D eigenvalue weighted by Gasteiger charge is 2.38. The van der Waals surface area contributed by atoms with Crippen molar-refractivity contribution in [1.29, 1.82) is 0 Å². The third-order valence-electron chi connectivity index (χ3n) is 5.79. The summed E-state index contributed by atoms with van der Waals surface area (Å²) in [6.45, 7) is 0.274. The molecule has 1 fully saturated rings. The van der Waals surface area contributed by atoms with Gasteiger partial charge in [0.1, 0.15) is 18.1 Å². The molecule has 0 spiro atoms. The van der Waals surface area contributed by atoms with Gasteiger partial charge < -0.3 is 37.8 Å². The number of hydrogen-bond acceptors (Lipinski definition) is 7. The van der Waals surface area contributed by atoms with E-state index in [4.69, 9.17) is 17.2 Å². The first kappa shape index (κ1) is 28.2. The van der Waals surface area contributed by atoms with E-state index in [1.165, 1.54) is 4.90 Å². The zero-order valence-electron chi connectivity index (χ0n) is 19.7. The lowest BCUT2D eigenvalue weighted by Crippen LogP contribution is -2.57. The Hall–Kier alpha value is -4.00. The second-order valence-corrected chi connectivity index (χ2v) is 8.62. The Morgan fingerprint density at radius 3 is 2.25 bits per heavy atom. The molecular formula is C23H32N6O7. The summed E-state index contributed by atoms with van der Waals surface area (Å²) >= 11 is 0. The zero-order valence-corrected chi connectivity index (χ0v) is 19.7. The van der Waals surface area contributed by atoms with Crippen LogP contribution in [-0.4, -0.2) is 76.2 Å². The van der Waals surface area contributed by atoms with Gasteiger partial charge in [-0.15, -0.1) is 0 Å². The number of carboxylic acids is 1. The van der Waals surface area contributed by atoms with Crippen molar-refractivity contribution in [2.45, 2.75) is 62.7 Å². The molecule has 4 atom stereocenters. The minimum Gasteiger partial charge on any atom is -0.480 e. The first-order valence-electron chi connectivity index (χ1n) is 11.5. The van der Waals surface area contributed by atoms with Gasteiger partial charge >= 0.3 is 5.97 Å². The van der Waals surface area contributed by atoms with Gasteiger partial charge in [0, 0.05) is 19.4 Å². The van der Waals surface area contributed by atoms with Crippen LogP contribution in [0.1, 0.15) is 37.7 Å². The molecule has 13 nitrogen and oxygen atoms in total. The van der Waals surface area contributed by atoms with Crippen molar-refractivity contribution in [3.8, 4) is 0 Å². The summed E-state index contributed by atoms with van der Waals surface area (Å²) < 4.78 is 0. The van der Waals surface area contributed by atoms with Gasteiger partial charge in [0.15, 0.2) is 0 Å². The summed E-state index contributed by atoms with van der Waals surface area (Å²) in [6, 6.07) is 4.03. The third-order valence-corrected chi connectivity index (χ3v) is 5.79. The Labute approximate surface area is 207 Å². The Morgan fingerprint density at radius 1 is 1.00 bits per heavy atom. The Balaban J connectivity index is 2.17. The summed E-state index contributed by atoms with van der Waals surface area (Å²) in [5, 5.41) is 14.2. The van der Waals surface area contributed by atoms with Gasteiger partial charge in [-0.2, -0.15) is 0 Å². The highest BCUT2D eigenvalue weighted by Crippen LogP contribution is 2.19. The lowest BCUT2D eigenvalue weighted by Gasteiger charge is -2.28. The zero-order chi connectivity index (χ0) is 26.8. The van der Waals surface area contributed by atoms with E-state index < -0.39 is 66.1 Å². The SMILES string of the molecule is NC(=O)CC[C@H](N)C(=O)N1CCC[C@H]1C(=O)N[C@@H](Cc1ccccc1)C(=O)N[C@@H](CC(N)=O)C(=O)O. The number of nitrogens with zero attached hydrogens (tertiary/aromatic N) is 1. The first-order chi connectivity index (χ1) is 17.0. The van der Waals surface area contributed by atoms with Crippen molar-refractivity contribution in [3.63, 3.8) is 0 Å². The molecule has 13 heteroatoms. The molecule has 0 radical (unpaired) electrons. The van der Waals surface area contributed by atoms with Crippen LogP contribution >= 0.6 is 0 Å². The highest BCUT2D eigenvalue weighted by atomic mass is 16.4. The molecule has 0 aromatic heterocycles. The largest absolute Gasteiger partial charge is 0.480 e. The molecule has 196 valence electrons. The van der Waals surface area contributed by atoms with E-state index in [1.54, 1.807) is 30.3 Å². The molecule has 36 heavy (non-hydrogen) atoms. The summed E-state index contributed by atoms with van der Waals surface area (Å²) in [4.78, 5) is 73.9. The number of carboxylic acid groups (broad SMARTS) is 1. The van der Waals surface area contributed by atoms with Crippen LogP contribution in [0.15, 0.2) is 30.3 Å². The number of amides is 5. The van der Waals surface area contributed by atoms with E-state index in [0.29, 0.717) is 18.4 Å².